The van der Waals surface area contributed by atoms with Crippen LogP contribution in [0.2, 0.25) is 0 Å². The molecule has 0 aliphatic carbocycles. The van der Waals surface area contributed by atoms with E-state index in [1.165, 1.54) is 5.56 Å². The molecule has 6 heteroatoms. The summed E-state index contributed by atoms with van der Waals surface area (Å²) in [6, 6.07) is 6.16. The molecular formula is C20H24N2O2S2. The lowest BCUT2D eigenvalue weighted by atomic mass is 10.1. The van der Waals surface area contributed by atoms with Gasteiger partial charge in [-0.05, 0) is 51.8 Å². The number of rotatable bonds is 6. The number of ether oxygens (including phenoxy) is 1. The molecule has 0 N–H and O–H groups in total. The molecule has 26 heavy (non-hydrogen) atoms. The summed E-state index contributed by atoms with van der Waals surface area (Å²) in [4.78, 5) is 20.2. The predicted molar refractivity (Wildman–Crippen MR) is 111 cm³/mol. The van der Waals surface area contributed by atoms with Crippen LogP contribution in [-0.4, -0.2) is 28.5 Å². The van der Waals surface area contributed by atoms with Gasteiger partial charge in [0, 0.05) is 17.2 Å². The molecule has 0 saturated heterocycles. The third-order valence-electron chi connectivity index (χ3n) is 4.43. The molecular weight excluding hydrogens is 364 g/mol. The highest BCUT2D eigenvalue weighted by molar-refractivity contribution is 7.99. The highest BCUT2D eigenvalue weighted by atomic mass is 32.2. The van der Waals surface area contributed by atoms with Crippen molar-refractivity contribution in [2.75, 3.05) is 19.0 Å². The van der Waals surface area contributed by atoms with Gasteiger partial charge in [0.05, 0.1) is 17.7 Å². The maximum Gasteiger partial charge on any atom is 0.267 e. The summed E-state index contributed by atoms with van der Waals surface area (Å²) in [6.07, 6.45) is 0. The third kappa shape index (κ3) is 3.59. The lowest BCUT2D eigenvalue weighted by molar-refractivity contribution is 0.164. The fraction of sp³-hybridized carbons (Fsp3) is 0.400. The van der Waals surface area contributed by atoms with Crippen molar-refractivity contribution in [2.45, 2.75) is 39.8 Å². The Morgan fingerprint density at radius 3 is 2.69 bits per heavy atom. The van der Waals surface area contributed by atoms with Crippen LogP contribution in [0.4, 0.5) is 0 Å². The Bertz CT molecular complexity index is 1010. The minimum atomic E-state index is 0.0164. The van der Waals surface area contributed by atoms with Crippen LogP contribution in [0.1, 0.15) is 28.5 Å². The van der Waals surface area contributed by atoms with Gasteiger partial charge < -0.3 is 4.74 Å². The number of thiophene rings is 1. The molecule has 138 valence electrons. The van der Waals surface area contributed by atoms with E-state index in [-0.39, 0.29) is 5.56 Å². The molecule has 0 radical (unpaired) electrons. The minimum absolute atomic E-state index is 0.0164. The molecule has 0 spiro atoms. The normalized spacial score (nSPS) is 11.4. The zero-order chi connectivity index (χ0) is 18.8. The summed E-state index contributed by atoms with van der Waals surface area (Å²) in [5, 5.41) is 1.47. The van der Waals surface area contributed by atoms with Crippen molar-refractivity contribution in [3.8, 4) is 5.69 Å². The highest BCUT2D eigenvalue weighted by Gasteiger charge is 2.18. The van der Waals surface area contributed by atoms with Gasteiger partial charge in [0.25, 0.3) is 5.56 Å². The van der Waals surface area contributed by atoms with Crippen molar-refractivity contribution >= 4 is 33.3 Å². The Labute approximate surface area is 162 Å². The molecule has 0 bridgehead atoms. The summed E-state index contributed by atoms with van der Waals surface area (Å²) < 4.78 is 7.22. The van der Waals surface area contributed by atoms with Gasteiger partial charge in [0.1, 0.15) is 4.83 Å². The van der Waals surface area contributed by atoms with E-state index in [2.05, 4.69) is 13.0 Å². The standard InChI is InChI=1S/C20H24N2O2S2/c1-6-24-9-10-25-20-21-18-17(14(4)15(5)26-18)19(23)22(20)16-8-7-12(2)11-13(16)3/h7-8,11H,6,9-10H2,1-5H3. The second kappa shape index (κ2) is 7.94. The second-order valence-corrected chi connectivity index (χ2v) is 8.60. The Kier molecular flexibility index (Phi) is 5.85. The minimum Gasteiger partial charge on any atom is -0.381 e. The van der Waals surface area contributed by atoms with Crippen LogP contribution in [0.25, 0.3) is 15.9 Å². The van der Waals surface area contributed by atoms with Gasteiger partial charge in [-0.1, -0.05) is 29.5 Å². The molecule has 2 heterocycles. The maximum absolute atomic E-state index is 13.4. The number of nitrogens with zero attached hydrogens (tertiary/aromatic N) is 2. The van der Waals surface area contributed by atoms with Crippen molar-refractivity contribution in [1.29, 1.82) is 0 Å². The average Bonchev–Trinajstić information content (AvgIpc) is 2.87. The topological polar surface area (TPSA) is 44.1 Å². The quantitative estimate of drug-likeness (QED) is 0.345. The van der Waals surface area contributed by atoms with Crippen molar-refractivity contribution in [3.63, 3.8) is 0 Å². The first-order valence-electron chi connectivity index (χ1n) is 8.75. The molecule has 4 nitrogen and oxygen atoms in total. The van der Waals surface area contributed by atoms with Gasteiger partial charge in [-0.3, -0.25) is 9.36 Å². The van der Waals surface area contributed by atoms with Gasteiger partial charge in [-0.25, -0.2) is 4.98 Å². The van der Waals surface area contributed by atoms with Crippen LogP contribution in [0.5, 0.6) is 0 Å². The van der Waals surface area contributed by atoms with E-state index in [0.29, 0.717) is 13.2 Å². The lowest BCUT2D eigenvalue weighted by Gasteiger charge is -2.15. The monoisotopic (exact) mass is 388 g/mol. The van der Waals surface area contributed by atoms with Gasteiger partial charge in [-0.2, -0.15) is 0 Å². The predicted octanol–water partition coefficient (Wildman–Crippen LogP) is 4.81. The summed E-state index contributed by atoms with van der Waals surface area (Å²) >= 11 is 3.16. The molecule has 0 unspecified atom stereocenters. The fourth-order valence-corrected chi connectivity index (χ4v) is 4.90. The number of hydrogen-bond donors (Lipinski definition) is 0. The first-order valence-corrected chi connectivity index (χ1v) is 10.5. The number of aryl methyl sites for hydroxylation is 4. The first-order chi connectivity index (χ1) is 12.4. The van der Waals surface area contributed by atoms with E-state index in [4.69, 9.17) is 9.72 Å². The number of thioether (sulfide) groups is 1. The van der Waals surface area contributed by atoms with Crippen molar-refractivity contribution in [3.05, 3.63) is 50.1 Å². The average molecular weight is 389 g/mol. The first kappa shape index (κ1) is 19.1. The largest absolute Gasteiger partial charge is 0.381 e. The van der Waals surface area contributed by atoms with Crippen LogP contribution in [-0.2, 0) is 4.74 Å². The Morgan fingerprint density at radius 1 is 1.23 bits per heavy atom. The smallest absolute Gasteiger partial charge is 0.267 e. The molecule has 2 aromatic heterocycles. The van der Waals surface area contributed by atoms with Crippen LogP contribution >= 0.6 is 23.1 Å². The van der Waals surface area contributed by atoms with Gasteiger partial charge in [-0.15, -0.1) is 11.3 Å². The van der Waals surface area contributed by atoms with Crippen molar-refractivity contribution < 1.29 is 4.74 Å². The Morgan fingerprint density at radius 2 is 2.00 bits per heavy atom. The number of aromatic nitrogens is 2. The molecule has 0 fully saturated rings. The molecule has 3 aromatic rings. The Balaban J connectivity index is 2.21. The van der Waals surface area contributed by atoms with Crippen LogP contribution in [0.3, 0.4) is 0 Å². The maximum atomic E-state index is 13.4. The fourth-order valence-electron chi connectivity index (χ4n) is 2.98. The number of fused-ring (bicyclic) bond motifs is 1. The number of benzene rings is 1. The zero-order valence-electron chi connectivity index (χ0n) is 15.9. The second-order valence-electron chi connectivity index (χ2n) is 6.33. The van der Waals surface area contributed by atoms with Crippen LogP contribution in [0.15, 0.2) is 28.2 Å². The van der Waals surface area contributed by atoms with E-state index in [1.54, 1.807) is 27.7 Å². The third-order valence-corrected chi connectivity index (χ3v) is 6.43. The van der Waals surface area contributed by atoms with E-state index in [0.717, 1.165) is 42.8 Å². The lowest BCUT2D eigenvalue weighted by Crippen LogP contribution is -2.22. The van der Waals surface area contributed by atoms with Gasteiger partial charge in [0.15, 0.2) is 5.16 Å². The summed E-state index contributed by atoms with van der Waals surface area (Å²) in [5.41, 5.74) is 4.21. The summed E-state index contributed by atoms with van der Waals surface area (Å²) in [6.45, 7) is 11.5. The summed E-state index contributed by atoms with van der Waals surface area (Å²) in [5.74, 6) is 0.764. The zero-order valence-corrected chi connectivity index (χ0v) is 17.5. The highest BCUT2D eigenvalue weighted by Crippen LogP contribution is 2.30. The molecule has 1 aromatic carbocycles. The van der Waals surface area contributed by atoms with E-state index in [1.807, 2.05) is 39.8 Å². The number of hydrogen-bond acceptors (Lipinski definition) is 5. The Hall–Kier alpha value is -1.63. The van der Waals surface area contributed by atoms with Crippen LogP contribution in [0, 0.1) is 27.7 Å². The SMILES string of the molecule is CCOCCSc1nc2sc(C)c(C)c2c(=O)n1-c1ccc(C)cc1C. The summed E-state index contributed by atoms with van der Waals surface area (Å²) in [7, 11) is 0. The van der Waals surface area contributed by atoms with Gasteiger partial charge in [0.2, 0.25) is 0 Å². The molecule has 0 atom stereocenters. The van der Waals surface area contributed by atoms with E-state index in [9.17, 15) is 4.79 Å². The van der Waals surface area contributed by atoms with Crippen LogP contribution < -0.4 is 5.56 Å². The van der Waals surface area contributed by atoms with Crippen molar-refractivity contribution in [1.82, 2.24) is 9.55 Å². The molecule has 0 amide bonds. The van der Waals surface area contributed by atoms with Crippen molar-refractivity contribution in [2.24, 2.45) is 0 Å². The van der Waals surface area contributed by atoms with E-state index < -0.39 is 0 Å². The molecule has 3 rings (SSSR count). The molecule has 0 aliphatic heterocycles. The van der Waals surface area contributed by atoms with Gasteiger partial charge >= 0.3 is 0 Å². The molecule has 0 aliphatic rings. The van der Waals surface area contributed by atoms with E-state index >= 15 is 0 Å². The molecule has 0 saturated carbocycles.